The first-order valence-corrected chi connectivity index (χ1v) is 12.3. The second-order valence-electron chi connectivity index (χ2n) is 8.33. The van der Waals surface area contributed by atoms with E-state index in [0.29, 0.717) is 18.0 Å². The number of rotatable bonds is 16. The predicted octanol–water partition coefficient (Wildman–Crippen LogP) is 6.65. The number of amides is 1. The molecule has 2 aromatic rings. The lowest BCUT2D eigenvalue weighted by Gasteiger charge is -2.07. The topological polar surface area (TPSA) is 71.6 Å². The van der Waals surface area contributed by atoms with Crippen LogP contribution in [0.4, 0.5) is 16.2 Å². The van der Waals surface area contributed by atoms with Crippen molar-refractivity contribution in [1.29, 1.82) is 0 Å². The van der Waals surface area contributed by atoms with Gasteiger partial charge in [-0.25, -0.2) is 14.2 Å². The molecular weight excluding hydrogens is 414 g/mol. The monoisotopic (exact) mass is 452 g/mol. The van der Waals surface area contributed by atoms with Crippen LogP contribution in [-0.4, -0.2) is 18.8 Å². The number of ether oxygens (including phenoxy) is 1. The molecule has 0 fully saturated rings. The van der Waals surface area contributed by atoms with Gasteiger partial charge in [-0.1, -0.05) is 45.1 Å². The predicted molar refractivity (Wildman–Crippen MR) is 131 cm³/mol. The molecule has 1 heterocycles. The summed E-state index contributed by atoms with van der Waals surface area (Å²) in [5, 5.41) is 2.67. The molecule has 33 heavy (non-hydrogen) atoms. The van der Waals surface area contributed by atoms with Gasteiger partial charge < -0.3 is 4.74 Å². The number of nitrogens with zero attached hydrogens (tertiary/aromatic N) is 2. The quantitative estimate of drug-likeness (QED) is 0.134. The maximum absolute atomic E-state index is 11.9. The Kier molecular flexibility index (Phi) is 13.2. The van der Waals surface area contributed by atoms with Crippen LogP contribution in [0.5, 0.6) is 0 Å². The third kappa shape index (κ3) is 11.4. The van der Waals surface area contributed by atoms with E-state index >= 15 is 0 Å². The molecule has 6 heteroatoms. The third-order valence-corrected chi connectivity index (χ3v) is 5.64. The Balaban J connectivity index is 1.55. The number of aromatic nitrogens is 1. The lowest BCUT2D eigenvalue weighted by Crippen LogP contribution is -2.37. The summed E-state index contributed by atoms with van der Waals surface area (Å²) < 4.78 is 7.64. The minimum absolute atomic E-state index is 0.404. The van der Waals surface area contributed by atoms with E-state index in [9.17, 15) is 9.59 Å². The SMILES string of the molecule is CCCCCCCCc1cccc[n+]1CCCCCCOC(=O)Nc1ccc(N=C=O)cc1. The van der Waals surface area contributed by atoms with E-state index in [1.165, 1.54) is 50.3 Å². The first-order chi connectivity index (χ1) is 16.2. The van der Waals surface area contributed by atoms with E-state index in [2.05, 4.69) is 46.2 Å². The minimum atomic E-state index is -0.471. The molecular formula is C27H38N3O3+. The molecule has 0 unspecified atom stereocenters. The van der Waals surface area contributed by atoms with Gasteiger partial charge >= 0.3 is 6.09 Å². The van der Waals surface area contributed by atoms with Crippen molar-refractivity contribution in [2.75, 3.05) is 11.9 Å². The van der Waals surface area contributed by atoms with Gasteiger partial charge in [-0.3, -0.25) is 5.32 Å². The Morgan fingerprint density at radius 1 is 0.939 bits per heavy atom. The number of pyridine rings is 1. The molecule has 0 bridgehead atoms. The zero-order chi connectivity index (χ0) is 23.6. The van der Waals surface area contributed by atoms with Crippen molar-refractivity contribution in [3.8, 4) is 0 Å². The Morgan fingerprint density at radius 2 is 1.67 bits per heavy atom. The number of unbranched alkanes of at least 4 members (excludes halogenated alkanes) is 8. The smallest absolute Gasteiger partial charge is 0.411 e. The van der Waals surface area contributed by atoms with Gasteiger partial charge in [0.1, 0.15) is 6.54 Å². The number of nitrogens with one attached hydrogen (secondary N) is 1. The molecule has 1 amide bonds. The number of carbonyl (C=O) groups is 1. The van der Waals surface area contributed by atoms with Gasteiger partial charge in [-0.2, -0.15) is 4.99 Å². The van der Waals surface area contributed by atoms with E-state index in [0.717, 1.165) is 38.6 Å². The summed E-state index contributed by atoms with van der Waals surface area (Å²) in [6.45, 7) is 3.70. The summed E-state index contributed by atoms with van der Waals surface area (Å²) in [5.41, 5.74) is 2.52. The Labute approximate surface area is 198 Å². The van der Waals surface area contributed by atoms with Crippen molar-refractivity contribution in [2.45, 2.75) is 84.1 Å². The van der Waals surface area contributed by atoms with E-state index in [4.69, 9.17) is 4.74 Å². The Bertz CT molecular complexity index is 861. The lowest BCUT2D eigenvalue weighted by molar-refractivity contribution is -0.704. The van der Waals surface area contributed by atoms with Gasteiger partial charge in [0.15, 0.2) is 11.9 Å². The molecule has 1 aromatic heterocycles. The van der Waals surface area contributed by atoms with Crippen molar-refractivity contribution in [1.82, 2.24) is 0 Å². The number of aryl methyl sites for hydroxylation is 2. The highest BCUT2D eigenvalue weighted by molar-refractivity contribution is 5.84. The molecule has 0 spiro atoms. The maximum atomic E-state index is 11.9. The summed E-state index contributed by atoms with van der Waals surface area (Å²) in [6.07, 6.45) is 16.4. The molecule has 1 N–H and O–H groups in total. The van der Waals surface area contributed by atoms with E-state index in [1.807, 2.05) is 0 Å². The molecule has 0 atom stereocenters. The Hall–Kier alpha value is -2.98. The van der Waals surface area contributed by atoms with Crippen molar-refractivity contribution in [3.63, 3.8) is 0 Å². The highest BCUT2D eigenvalue weighted by Crippen LogP contribution is 2.15. The van der Waals surface area contributed by atoms with Crippen molar-refractivity contribution < 1.29 is 18.9 Å². The summed E-state index contributed by atoms with van der Waals surface area (Å²) in [5.74, 6) is 0. The van der Waals surface area contributed by atoms with Crippen molar-refractivity contribution in [3.05, 3.63) is 54.4 Å². The van der Waals surface area contributed by atoms with Crippen LogP contribution >= 0.6 is 0 Å². The van der Waals surface area contributed by atoms with E-state index < -0.39 is 6.09 Å². The molecule has 0 aliphatic rings. The molecule has 0 aliphatic heterocycles. The van der Waals surface area contributed by atoms with Crippen LogP contribution in [0.25, 0.3) is 0 Å². The second kappa shape index (κ2) is 16.6. The fourth-order valence-electron chi connectivity index (χ4n) is 3.77. The van der Waals surface area contributed by atoms with Crippen LogP contribution in [0.1, 0.15) is 76.8 Å². The number of carbonyl (C=O) groups excluding carboxylic acids is 2. The van der Waals surface area contributed by atoms with Gasteiger partial charge in [0, 0.05) is 30.7 Å². The third-order valence-electron chi connectivity index (χ3n) is 5.64. The van der Waals surface area contributed by atoms with Gasteiger partial charge in [-0.15, -0.1) is 0 Å². The molecule has 2 rings (SSSR count). The molecule has 0 saturated carbocycles. The average Bonchev–Trinajstić information content (AvgIpc) is 2.83. The van der Waals surface area contributed by atoms with Crippen molar-refractivity contribution in [2.24, 2.45) is 4.99 Å². The summed E-state index contributed by atoms with van der Waals surface area (Å²) in [6, 6.07) is 13.1. The summed E-state index contributed by atoms with van der Waals surface area (Å²) in [4.78, 5) is 25.6. The van der Waals surface area contributed by atoms with E-state index in [-0.39, 0.29) is 0 Å². The zero-order valence-corrected chi connectivity index (χ0v) is 19.9. The van der Waals surface area contributed by atoms with Gasteiger partial charge in [-0.05, 0) is 49.9 Å². The van der Waals surface area contributed by atoms with Crippen LogP contribution in [-0.2, 0) is 22.5 Å². The molecule has 6 nitrogen and oxygen atoms in total. The first-order valence-electron chi connectivity index (χ1n) is 12.3. The van der Waals surface area contributed by atoms with E-state index in [1.54, 1.807) is 24.3 Å². The highest BCUT2D eigenvalue weighted by Gasteiger charge is 2.09. The standard InChI is InChI=1S/C27H37N3O3/c1-2-3-4-5-6-9-14-26-15-10-12-21-30(26)20-11-7-8-13-22-33-27(32)29-25-18-16-24(17-19-25)28-23-31/h10,12,15-19,21H,2-9,11,13-14,20,22H2,1H3/p+1. The Morgan fingerprint density at radius 3 is 2.45 bits per heavy atom. The van der Waals surface area contributed by atoms with Crippen LogP contribution in [0.3, 0.4) is 0 Å². The molecule has 0 aliphatic carbocycles. The van der Waals surface area contributed by atoms with Gasteiger partial charge in [0.2, 0.25) is 6.08 Å². The number of aliphatic imine (C=N–C) groups is 1. The molecule has 178 valence electrons. The fraction of sp³-hybridized carbons (Fsp3) is 0.519. The minimum Gasteiger partial charge on any atom is -0.449 e. The number of hydrogen-bond acceptors (Lipinski definition) is 4. The van der Waals surface area contributed by atoms with Crippen molar-refractivity contribution >= 4 is 23.5 Å². The molecule has 0 saturated heterocycles. The molecule has 1 aromatic carbocycles. The first kappa shape index (κ1) is 26.3. The fourth-order valence-corrected chi connectivity index (χ4v) is 3.77. The van der Waals surface area contributed by atoms with Crippen LogP contribution in [0.2, 0.25) is 0 Å². The normalized spacial score (nSPS) is 10.5. The summed E-state index contributed by atoms with van der Waals surface area (Å²) >= 11 is 0. The largest absolute Gasteiger partial charge is 0.449 e. The number of isocyanates is 1. The van der Waals surface area contributed by atoms with Crippen LogP contribution in [0.15, 0.2) is 53.7 Å². The average molecular weight is 453 g/mol. The second-order valence-corrected chi connectivity index (χ2v) is 8.33. The lowest BCUT2D eigenvalue weighted by atomic mass is 10.1. The van der Waals surface area contributed by atoms with Crippen LogP contribution < -0.4 is 9.88 Å². The van der Waals surface area contributed by atoms with Gasteiger partial charge in [0.25, 0.3) is 0 Å². The maximum Gasteiger partial charge on any atom is 0.411 e. The number of anilines is 1. The number of hydrogen-bond donors (Lipinski definition) is 1. The summed E-state index contributed by atoms with van der Waals surface area (Å²) in [7, 11) is 0. The zero-order valence-electron chi connectivity index (χ0n) is 19.9. The van der Waals surface area contributed by atoms with Crippen LogP contribution in [0, 0.1) is 0 Å². The number of benzene rings is 1. The highest BCUT2D eigenvalue weighted by atomic mass is 16.5. The molecule has 0 radical (unpaired) electrons. The van der Waals surface area contributed by atoms with Gasteiger partial charge in [0.05, 0.1) is 12.3 Å².